The average molecular weight is 421 g/mol. The maximum absolute atomic E-state index is 12.6. The van der Waals surface area contributed by atoms with Crippen LogP contribution in [-0.2, 0) is 6.54 Å². The van der Waals surface area contributed by atoms with Gasteiger partial charge in [0.15, 0.2) is 0 Å². The Hall–Kier alpha value is -2.84. The molecule has 146 valence electrons. The number of aromatic amines is 1. The first-order valence-corrected chi connectivity index (χ1v) is 9.17. The number of amides is 2. The van der Waals surface area contributed by atoms with Crippen LogP contribution < -0.4 is 5.32 Å². The predicted octanol–water partition coefficient (Wildman–Crippen LogP) is 3.55. The zero-order valence-electron chi connectivity index (χ0n) is 15.5. The Bertz CT molecular complexity index is 1040. The van der Waals surface area contributed by atoms with Gasteiger partial charge in [-0.05, 0) is 31.2 Å². The molecule has 2 N–H and O–H groups in total. The fourth-order valence-corrected chi connectivity index (χ4v) is 3.12. The van der Waals surface area contributed by atoms with Gasteiger partial charge in [0.1, 0.15) is 11.4 Å². The summed E-state index contributed by atoms with van der Waals surface area (Å²) < 4.78 is 1.53. The van der Waals surface area contributed by atoms with Crippen LogP contribution in [0.3, 0.4) is 0 Å². The number of hydrogen-bond donors (Lipinski definition) is 2. The molecule has 0 aliphatic carbocycles. The van der Waals surface area contributed by atoms with Gasteiger partial charge in [-0.3, -0.25) is 19.4 Å². The summed E-state index contributed by atoms with van der Waals surface area (Å²) in [6.45, 7) is 2.36. The average Bonchev–Trinajstić information content (AvgIpc) is 3.28. The Morgan fingerprint density at radius 1 is 1.25 bits per heavy atom. The van der Waals surface area contributed by atoms with E-state index in [2.05, 4.69) is 20.6 Å². The number of H-pyrrole nitrogens is 1. The minimum absolute atomic E-state index is 0.216. The SMILES string of the molecule is CCn1ncc(NC(=O)c2cc(-c3ccc(Cl)cc3Cl)n[nH]2)c1C(=O)N(C)C. The van der Waals surface area contributed by atoms with Crippen LogP contribution in [0.15, 0.2) is 30.5 Å². The molecule has 0 aliphatic rings. The molecule has 0 aliphatic heterocycles. The first-order chi connectivity index (χ1) is 13.3. The highest BCUT2D eigenvalue weighted by molar-refractivity contribution is 6.36. The van der Waals surface area contributed by atoms with E-state index in [1.54, 1.807) is 38.4 Å². The second-order valence-corrected chi connectivity index (χ2v) is 7.01. The largest absolute Gasteiger partial charge is 0.343 e. The summed E-state index contributed by atoms with van der Waals surface area (Å²) in [4.78, 5) is 26.5. The van der Waals surface area contributed by atoms with Crippen LogP contribution in [-0.4, -0.2) is 50.8 Å². The zero-order valence-corrected chi connectivity index (χ0v) is 17.0. The minimum Gasteiger partial charge on any atom is -0.343 e. The van der Waals surface area contributed by atoms with Crippen LogP contribution in [0.4, 0.5) is 5.69 Å². The lowest BCUT2D eigenvalue weighted by Crippen LogP contribution is -2.26. The summed E-state index contributed by atoms with van der Waals surface area (Å²) in [5.74, 6) is -0.708. The van der Waals surface area contributed by atoms with E-state index in [1.807, 2.05) is 6.92 Å². The molecule has 2 heterocycles. The maximum atomic E-state index is 12.6. The van der Waals surface area contributed by atoms with E-state index in [0.29, 0.717) is 39.2 Å². The number of nitrogens with zero attached hydrogens (tertiary/aromatic N) is 4. The normalized spacial score (nSPS) is 10.8. The number of rotatable bonds is 5. The molecule has 28 heavy (non-hydrogen) atoms. The van der Waals surface area contributed by atoms with E-state index < -0.39 is 5.91 Å². The summed E-state index contributed by atoms with van der Waals surface area (Å²) in [5, 5.41) is 14.6. The van der Waals surface area contributed by atoms with Crippen molar-refractivity contribution in [3.05, 3.63) is 51.9 Å². The number of hydrogen-bond acceptors (Lipinski definition) is 4. The van der Waals surface area contributed by atoms with Gasteiger partial charge in [-0.25, -0.2) is 0 Å². The van der Waals surface area contributed by atoms with Crippen molar-refractivity contribution in [1.82, 2.24) is 24.9 Å². The van der Waals surface area contributed by atoms with Gasteiger partial charge in [0, 0.05) is 31.2 Å². The molecule has 0 atom stereocenters. The summed E-state index contributed by atoms with van der Waals surface area (Å²) in [7, 11) is 3.27. The number of carbonyl (C=O) groups excluding carboxylic acids is 2. The minimum atomic E-state index is -0.452. The molecule has 0 saturated carbocycles. The van der Waals surface area contributed by atoms with E-state index in [0.717, 1.165) is 0 Å². The molecule has 3 rings (SSSR count). The molecule has 3 aromatic rings. The molecule has 8 nitrogen and oxygen atoms in total. The lowest BCUT2D eigenvalue weighted by Gasteiger charge is -2.13. The molecule has 2 amide bonds. The van der Waals surface area contributed by atoms with Crippen molar-refractivity contribution in [1.29, 1.82) is 0 Å². The quantitative estimate of drug-likeness (QED) is 0.659. The van der Waals surface area contributed by atoms with E-state index in [4.69, 9.17) is 23.2 Å². The lowest BCUT2D eigenvalue weighted by atomic mass is 10.1. The van der Waals surface area contributed by atoms with Crippen molar-refractivity contribution in [2.24, 2.45) is 0 Å². The highest BCUT2D eigenvalue weighted by atomic mass is 35.5. The molecule has 0 radical (unpaired) electrons. The van der Waals surface area contributed by atoms with E-state index >= 15 is 0 Å². The number of halogens is 2. The zero-order chi connectivity index (χ0) is 20.4. The van der Waals surface area contributed by atoms with E-state index in [-0.39, 0.29) is 11.6 Å². The summed E-state index contributed by atoms with van der Waals surface area (Å²) in [6.07, 6.45) is 1.45. The van der Waals surface area contributed by atoms with Gasteiger partial charge in [0.25, 0.3) is 11.8 Å². The van der Waals surface area contributed by atoms with Crippen molar-refractivity contribution in [3.63, 3.8) is 0 Å². The standard InChI is InChI=1S/C18H18Cl2N6O2/c1-4-26-16(18(28)25(2)3)15(9-21-26)22-17(27)14-8-13(23-24-14)11-6-5-10(19)7-12(11)20/h5-9H,4H2,1-3H3,(H,22,27)(H,23,24). The van der Waals surface area contributed by atoms with Crippen LogP contribution in [0, 0.1) is 0 Å². The number of benzene rings is 1. The second-order valence-electron chi connectivity index (χ2n) is 6.17. The number of nitrogens with one attached hydrogen (secondary N) is 2. The molecule has 0 unspecified atom stereocenters. The van der Waals surface area contributed by atoms with Gasteiger partial charge in [-0.1, -0.05) is 23.2 Å². The molecular formula is C18H18Cl2N6O2. The van der Waals surface area contributed by atoms with Gasteiger partial charge < -0.3 is 10.2 Å². The van der Waals surface area contributed by atoms with Gasteiger partial charge in [-0.2, -0.15) is 10.2 Å². The van der Waals surface area contributed by atoms with Gasteiger partial charge in [0.2, 0.25) is 0 Å². The lowest BCUT2D eigenvalue weighted by molar-refractivity contribution is 0.0816. The second kappa shape index (κ2) is 8.04. The summed E-state index contributed by atoms with van der Waals surface area (Å²) in [5.41, 5.74) is 1.99. The fourth-order valence-electron chi connectivity index (χ4n) is 2.62. The third kappa shape index (κ3) is 3.88. The topological polar surface area (TPSA) is 95.9 Å². The van der Waals surface area contributed by atoms with Crippen molar-refractivity contribution in [2.75, 3.05) is 19.4 Å². The molecule has 0 spiro atoms. The Labute approximate surface area is 171 Å². The molecule has 2 aromatic heterocycles. The number of carbonyl (C=O) groups is 2. The third-order valence-electron chi connectivity index (χ3n) is 4.03. The molecule has 0 saturated heterocycles. The van der Waals surface area contributed by atoms with Gasteiger partial charge >= 0.3 is 0 Å². The van der Waals surface area contributed by atoms with Crippen LogP contribution in [0.25, 0.3) is 11.3 Å². The van der Waals surface area contributed by atoms with Crippen molar-refractivity contribution >= 4 is 40.7 Å². The summed E-state index contributed by atoms with van der Waals surface area (Å²) >= 11 is 12.1. The monoisotopic (exact) mass is 420 g/mol. The molecular weight excluding hydrogens is 403 g/mol. The van der Waals surface area contributed by atoms with Crippen molar-refractivity contribution in [2.45, 2.75) is 13.5 Å². The van der Waals surface area contributed by atoms with E-state index in [1.165, 1.54) is 15.8 Å². The highest BCUT2D eigenvalue weighted by Crippen LogP contribution is 2.29. The van der Waals surface area contributed by atoms with E-state index in [9.17, 15) is 9.59 Å². The Balaban J connectivity index is 1.86. The third-order valence-corrected chi connectivity index (χ3v) is 4.57. The smallest absolute Gasteiger partial charge is 0.273 e. The predicted molar refractivity (Wildman–Crippen MR) is 108 cm³/mol. The van der Waals surface area contributed by atoms with Gasteiger partial charge in [0.05, 0.1) is 22.6 Å². The molecule has 0 fully saturated rings. The van der Waals surface area contributed by atoms with Crippen LogP contribution in [0.2, 0.25) is 10.0 Å². The Morgan fingerprint density at radius 2 is 2.00 bits per heavy atom. The highest BCUT2D eigenvalue weighted by Gasteiger charge is 2.22. The van der Waals surface area contributed by atoms with Crippen LogP contribution in [0.1, 0.15) is 27.9 Å². The van der Waals surface area contributed by atoms with Crippen molar-refractivity contribution in [3.8, 4) is 11.3 Å². The molecule has 10 heteroatoms. The van der Waals surface area contributed by atoms with Gasteiger partial charge in [-0.15, -0.1) is 0 Å². The Kier molecular flexibility index (Phi) is 5.71. The fraction of sp³-hybridized carbons (Fsp3) is 0.222. The Morgan fingerprint density at radius 3 is 2.64 bits per heavy atom. The maximum Gasteiger partial charge on any atom is 0.273 e. The first kappa shape index (κ1) is 19.9. The van der Waals surface area contributed by atoms with Crippen LogP contribution in [0.5, 0.6) is 0 Å². The van der Waals surface area contributed by atoms with Crippen molar-refractivity contribution < 1.29 is 9.59 Å². The number of anilines is 1. The first-order valence-electron chi connectivity index (χ1n) is 8.41. The molecule has 1 aromatic carbocycles. The summed E-state index contributed by atoms with van der Waals surface area (Å²) in [6, 6.07) is 6.59. The number of aryl methyl sites for hydroxylation is 1. The van der Waals surface area contributed by atoms with Crippen LogP contribution >= 0.6 is 23.2 Å². The number of aromatic nitrogens is 4. The molecule has 0 bridgehead atoms.